The molecule has 0 aromatic heterocycles. The molecule has 2 rings (SSSR count). The Labute approximate surface area is 102 Å². The second-order valence-corrected chi connectivity index (χ2v) is 4.66. The van der Waals surface area contributed by atoms with E-state index in [1.54, 1.807) is 7.11 Å². The van der Waals surface area contributed by atoms with Crippen LogP contribution in [0.25, 0.3) is 0 Å². The third kappa shape index (κ3) is 2.60. The van der Waals surface area contributed by atoms with Crippen molar-refractivity contribution in [3.63, 3.8) is 0 Å². The van der Waals surface area contributed by atoms with E-state index >= 15 is 0 Å². The number of piperidine rings is 1. The Hall–Kier alpha value is -1.09. The van der Waals surface area contributed by atoms with E-state index in [-0.39, 0.29) is 5.82 Å². The standard InChI is InChI=1S/C14H20FNO/c1-3-10-9-16-7-6-12(10)13-5-4-11(17-2)8-14(13)15/h4-5,8,10,12,16H,3,6-7,9H2,1-2H3. The first kappa shape index (κ1) is 12.4. The third-order valence-electron chi connectivity index (χ3n) is 3.74. The average molecular weight is 237 g/mol. The molecule has 2 unspecified atom stereocenters. The molecule has 94 valence electrons. The summed E-state index contributed by atoms with van der Waals surface area (Å²) < 4.78 is 19.1. The van der Waals surface area contributed by atoms with Crippen molar-refractivity contribution in [3.05, 3.63) is 29.6 Å². The highest BCUT2D eigenvalue weighted by Gasteiger charge is 2.27. The zero-order valence-corrected chi connectivity index (χ0v) is 10.5. The van der Waals surface area contributed by atoms with E-state index in [2.05, 4.69) is 12.2 Å². The van der Waals surface area contributed by atoms with Crippen LogP contribution < -0.4 is 10.1 Å². The molecule has 1 aromatic rings. The van der Waals surface area contributed by atoms with Gasteiger partial charge in [0.15, 0.2) is 0 Å². The summed E-state index contributed by atoms with van der Waals surface area (Å²) in [5.74, 6) is 1.33. The summed E-state index contributed by atoms with van der Waals surface area (Å²) in [5.41, 5.74) is 0.846. The van der Waals surface area contributed by atoms with Crippen molar-refractivity contribution >= 4 is 0 Å². The number of ether oxygens (including phenoxy) is 1. The molecule has 1 aliphatic heterocycles. The molecular weight excluding hydrogens is 217 g/mol. The summed E-state index contributed by atoms with van der Waals surface area (Å²) in [4.78, 5) is 0. The van der Waals surface area contributed by atoms with Gasteiger partial charge in [0, 0.05) is 6.07 Å². The minimum Gasteiger partial charge on any atom is -0.497 e. The fourth-order valence-electron chi connectivity index (χ4n) is 2.70. The number of halogens is 1. The van der Waals surface area contributed by atoms with Gasteiger partial charge >= 0.3 is 0 Å². The van der Waals surface area contributed by atoms with Crippen molar-refractivity contribution in [1.82, 2.24) is 5.32 Å². The molecule has 0 bridgehead atoms. The summed E-state index contributed by atoms with van der Waals surface area (Å²) in [6.45, 7) is 4.14. The molecular formula is C14H20FNO. The molecule has 3 heteroatoms. The van der Waals surface area contributed by atoms with Gasteiger partial charge in [-0.25, -0.2) is 4.39 Å². The number of hydrogen-bond acceptors (Lipinski definition) is 2. The summed E-state index contributed by atoms with van der Waals surface area (Å²) in [5, 5.41) is 3.38. The van der Waals surface area contributed by atoms with Gasteiger partial charge in [-0.3, -0.25) is 0 Å². The van der Waals surface area contributed by atoms with Crippen LogP contribution in [0.15, 0.2) is 18.2 Å². The fraction of sp³-hybridized carbons (Fsp3) is 0.571. The average Bonchev–Trinajstić information content (AvgIpc) is 2.38. The molecule has 1 aliphatic rings. The van der Waals surface area contributed by atoms with E-state index in [0.717, 1.165) is 31.5 Å². The van der Waals surface area contributed by atoms with Gasteiger partial charge in [0.25, 0.3) is 0 Å². The van der Waals surface area contributed by atoms with E-state index < -0.39 is 0 Å². The third-order valence-corrected chi connectivity index (χ3v) is 3.74. The lowest BCUT2D eigenvalue weighted by Crippen LogP contribution is -2.35. The van der Waals surface area contributed by atoms with Gasteiger partial charge in [-0.05, 0) is 43.0 Å². The van der Waals surface area contributed by atoms with Gasteiger partial charge in [0.05, 0.1) is 7.11 Å². The summed E-state index contributed by atoms with van der Waals surface area (Å²) in [6.07, 6.45) is 2.10. The molecule has 1 aromatic carbocycles. The summed E-state index contributed by atoms with van der Waals surface area (Å²) in [7, 11) is 1.56. The largest absolute Gasteiger partial charge is 0.497 e. The quantitative estimate of drug-likeness (QED) is 0.872. The molecule has 0 amide bonds. The van der Waals surface area contributed by atoms with Gasteiger partial charge in [0.2, 0.25) is 0 Å². The Balaban J connectivity index is 2.25. The van der Waals surface area contributed by atoms with Crippen LogP contribution >= 0.6 is 0 Å². The Bertz CT molecular complexity index is 380. The zero-order chi connectivity index (χ0) is 12.3. The van der Waals surface area contributed by atoms with Crippen LogP contribution in [0.2, 0.25) is 0 Å². The van der Waals surface area contributed by atoms with Crippen LogP contribution in [0, 0.1) is 11.7 Å². The monoisotopic (exact) mass is 237 g/mol. The predicted molar refractivity (Wildman–Crippen MR) is 67.0 cm³/mol. The molecule has 1 N–H and O–H groups in total. The van der Waals surface area contributed by atoms with E-state index in [0.29, 0.717) is 17.6 Å². The molecule has 2 nitrogen and oxygen atoms in total. The van der Waals surface area contributed by atoms with Crippen molar-refractivity contribution in [1.29, 1.82) is 0 Å². The molecule has 1 saturated heterocycles. The molecule has 0 saturated carbocycles. The Morgan fingerprint density at radius 2 is 2.29 bits per heavy atom. The first-order valence-corrected chi connectivity index (χ1v) is 6.30. The maximum Gasteiger partial charge on any atom is 0.130 e. The molecule has 1 heterocycles. The number of rotatable bonds is 3. The summed E-state index contributed by atoms with van der Waals surface area (Å²) >= 11 is 0. The molecule has 17 heavy (non-hydrogen) atoms. The van der Waals surface area contributed by atoms with Gasteiger partial charge in [-0.2, -0.15) is 0 Å². The number of hydrogen-bond donors (Lipinski definition) is 1. The van der Waals surface area contributed by atoms with Crippen LogP contribution in [0.4, 0.5) is 4.39 Å². The van der Waals surface area contributed by atoms with Gasteiger partial charge in [0.1, 0.15) is 11.6 Å². The molecule has 0 radical (unpaired) electrons. The van der Waals surface area contributed by atoms with Crippen LogP contribution in [0.3, 0.4) is 0 Å². The molecule has 2 atom stereocenters. The predicted octanol–water partition coefficient (Wildman–Crippen LogP) is 2.94. The van der Waals surface area contributed by atoms with E-state index in [1.165, 1.54) is 6.07 Å². The first-order chi connectivity index (χ1) is 8.26. The highest BCUT2D eigenvalue weighted by molar-refractivity contribution is 5.31. The number of nitrogens with one attached hydrogen (secondary N) is 1. The Kier molecular flexibility index (Phi) is 4.00. The van der Waals surface area contributed by atoms with Crippen molar-refractivity contribution in [2.45, 2.75) is 25.7 Å². The van der Waals surface area contributed by atoms with Gasteiger partial charge in [-0.15, -0.1) is 0 Å². The zero-order valence-electron chi connectivity index (χ0n) is 10.5. The van der Waals surface area contributed by atoms with E-state index in [9.17, 15) is 4.39 Å². The van der Waals surface area contributed by atoms with E-state index in [1.807, 2.05) is 12.1 Å². The van der Waals surface area contributed by atoms with Crippen molar-refractivity contribution in [3.8, 4) is 5.75 Å². The lowest BCUT2D eigenvalue weighted by Gasteiger charge is -2.32. The normalized spacial score (nSPS) is 24.6. The maximum absolute atomic E-state index is 14.0. The smallest absolute Gasteiger partial charge is 0.130 e. The molecule has 0 spiro atoms. The second-order valence-electron chi connectivity index (χ2n) is 4.66. The minimum atomic E-state index is -0.130. The number of benzene rings is 1. The van der Waals surface area contributed by atoms with Gasteiger partial charge in [-0.1, -0.05) is 19.4 Å². The first-order valence-electron chi connectivity index (χ1n) is 6.30. The van der Waals surface area contributed by atoms with Crippen LogP contribution in [0.1, 0.15) is 31.2 Å². The van der Waals surface area contributed by atoms with Crippen molar-refractivity contribution < 1.29 is 9.13 Å². The van der Waals surface area contributed by atoms with Crippen LogP contribution in [0.5, 0.6) is 5.75 Å². The van der Waals surface area contributed by atoms with Crippen LogP contribution in [-0.4, -0.2) is 20.2 Å². The van der Waals surface area contributed by atoms with Gasteiger partial charge < -0.3 is 10.1 Å². The summed E-state index contributed by atoms with van der Waals surface area (Å²) in [6, 6.07) is 5.23. The highest BCUT2D eigenvalue weighted by Crippen LogP contribution is 2.34. The fourth-order valence-corrected chi connectivity index (χ4v) is 2.70. The lowest BCUT2D eigenvalue weighted by atomic mass is 9.79. The maximum atomic E-state index is 14.0. The molecule has 0 aliphatic carbocycles. The minimum absolute atomic E-state index is 0.130. The van der Waals surface area contributed by atoms with Crippen molar-refractivity contribution in [2.24, 2.45) is 5.92 Å². The van der Waals surface area contributed by atoms with E-state index in [4.69, 9.17) is 4.74 Å². The highest BCUT2D eigenvalue weighted by atomic mass is 19.1. The topological polar surface area (TPSA) is 21.3 Å². The lowest BCUT2D eigenvalue weighted by molar-refractivity contribution is 0.310. The Morgan fingerprint density at radius 1 is 1.47 bits per heavy atom. The Morgan fingerprint density at radius 3 is 2.94 bits per heavy atom. The van der Waals surface area contributed by atoms with Crippen LogP contribution in [-0.2, 0) is 0 Å². The van der Waals surface area contributed by atoms with Crippen molar-refractivity contribution in [2.75, 3.05) is 20.2 Å². The number of methoxy groups -OCH3 is 1. The second kappa shape index (κ2) is 5.50. The molecule has 1 fully saturated rings. The SMILES string of the molecule is CCC1CNCCC1c1ccc(OC)cc1F.